The van der Waals surface area contributed by atoms with Crippen molar-refractivity contribution in [2.75, 3.05) is 23.8 Å². The number of para-hydroxylation sites is 3. The van der Waals surface area contributed by atoms with Gasteiger partial charge in [0.05, 0.1) is 0 Å². The van der Waals surface area contributed by atoms with Crippen LogP contribution in [-0.2, 0) is 6.61 Å². The molecule has 2 amide bonds. The molecule has 0 saturated carbocycles. The quantitative estimate of drug-likeness (QED) is 0.575. The molecule has 0 bridgehead atoms. The van der Waals surface area contributed by atoms with E-state index in [2.05, 4.69) is 34.6 Å². The summed E-state index contributed by atoms with van der Waals surface area (Å²) in [6, 6.07) is 27.3. The van der Waals surface area contributed by atoms with E-state index in [-0.39, 0.29) is 12.1 Å². The summed E-state index contributed by atoms with van der Waals surface area (Å²) in [5.74, 6) is 0.796. The van der Waals surface area contributed by atoms with Gasteiger partial charge in [0, 0.05) is 36.6 Å². The Hall–Kier alpha value is -3.47. The van der Waals surface area contributed by atoms with Crippen molar-refractivity contribution in [3.63, 3.8) is 0 Å². The highest BCUT2D eigenvalue weighted by Gasteiger charge is 2.12. The van der Waals surface area contributed by atoms with Crippen LogP contribution in [0, 0.1) is 0 Å². The predicted molar refractivity (Wildman–Crippen MR) is 119 cm³/mol. The molecule has 0 saturated heterocycles. The van der Waals surface area contributed by atoms with Gasteiger partial charge in [-0.3, -0.25) is 0 Å². The number of carbonyl (C=O) groups excluding carboxylic acids is 1. The molecule has 0 aromatic heterocycles. The number of hydrogen-bond donors (Lipinski definition) is 2. The molecule has 3 aromatic rings. The van der Waals surface area contributed by atoms with Crippen molar-refractivity contribution in [1.29, 1.82) is 0 Å². The molecule has 3 aromatic carbocycles. The monoisotopic (exact) mass is 389 g/mol. The molecule has 0 fully saturated rings. The number of nitrogens with zero attached hydrogens (tertiary/aromatic N) is 1. The number of rotatable bonds is 8. The number of amides is 2. The fraction of sp³-hybridized carbons (Fsp3) is 0.208. The summed E-state index contributed by atoms with van der Waals surface area (Å²) in [6.45, 7) is 2.99. The van der Waals surface area contributed by atoms with Crippen LogP contribution < -0.4 is 20.3 Å². The lowest BCUT2D eigenvalue weighted by atomic mass is 10.2. The summed E-state index contributed by atoms with van der Waals surface area (Å²) in [4.78, 5) is 14.6. The standard InChI is InChI=1S/C24H27N3O2/c1-19(27(2)21-12-5-3-6-13-21)17-25-24(28)26-23-16-10-9-11-20(23)18-29-22-14-7-4-8-15-22/h3-16,19H,17-18H2,1-2H3,(H2,25,26,28). The van der Waals surface area contributed by atoms with E-state index in [1.807, 2.05) is 79.8 Å². The van der Waals surface area contributed by atoms with E-state index in [0.717, 1.165) is 22.7 Å². The SMILES string of the molecule is CC(CNC(=O)Nc1ccccc1COc1ccccc1)N(C)c1ccccc1. The van der Waals surface area contributed by atoms with Gasteiger partial charge in [-0.1, -0.05) is 54.6 Å². The van der Waals surface area contributed by atoms with Crippen LogP contribution in [0.25, 0.3) is 0 Å². The summed E-state index contributed by atoms with van der Waals surface area (Å²) in [5, 5.41) is 5.88. The van der Waals surface area contributed by atoms with Crippen molar-refractivity contribution < 1.29 is 9.53 Å². The molecule has 1 unspecified atom stereocenters. The van der Waals surface area contributed by atoms with E-state index in [1.165, 1.54) is 0 Å². The molecule has 150 valence electrons. The second-order valence-corrected chi connectivity index (χ2v) is 6.89. The fourth-order valence-electron chi connectivity index (χ4n) is 2.91. The first-order chi connectivity index (χ1) is 14.1. The second kappa shape index (κ2) is 10.2. The highest BCUT2D eigenvalue weighted by Crippen LogP contribution is 2.18. The Kier molecular flexibility index (Phi) is 7.11. The molecule has 0 spiro atoms. The highest BCUT2D eigenvalue weighted by molar-refractivity contribution is 5.90. The summed E-state index contributed by atoms with van der Waals surface area (Å²) in [6.07, 6.45) is 0. The first-order valence-electron chi connectivity index (χ1n) is 9.72. The molecule has 5 nitrogen and oxygen atoms in total. The Morgan fingerprint density at radius 3 is 2.28 bits per heavy atom. The van der Waals surface area contributed by atoms with Gasteiger partial charge < -0.3 is 20.3 Å². The average molecular weight is 389 g/mol. The van der Waals surface area contributed by atoms with Gasteiger partial charge in [0.2, 0.25) is 0 Å². The van der Waals surface area contributed by atoms with Crippen LogP contribution >= 0.6 is 0 Å². The van der Waals surface area contributed by atoms with Crippen LogP contribution in [0.5, 0.6) is 5.75 Å². The van der Waals surface area contributed by atoms with Crippen molar-refractivity contribution in [1.82, 2.24) is 5.32 Å². The molecule has 0 radical (unpaired) electrons. The number of urea groups is 1. The number of nitrogens with one attached hydrogen (secondary N) is 2. The maximum Gasteiger partial charge on any atom is 0.319 e. The second-order valence-electron chi connectivity index (χ2n) is 6.89. The molecular weight excluding hydrogens is 362 g/mol. The highest BCUT2D eigenvalue weighted by atomic mass is 16.5. The molecule has 5 heteroatoms. The van der Waals surface area contributed by atoms with Gasteiger partial charge in [0.15, 0.2) is 0 Å². The minimum atomic E-state index is -0.231. The zero-order chi connectivity index (χ0) is 20.5. The van der Waals surface area contributed by atoms with Crippen LogP contribution in [0.4, 0.5) is 16.2 Å². The third-order valence-corrected chi connectivity index (χ3v) is 4.79. The molecule has 0 aliphatic carbocycles. The van der Waals surface area contributed by atoms with Crippen LogP contribution in [0.3, 0.4) is 0 Å². The van der Waals surface area contributed by atoms with Crippen molar-refractivity contribution in [2.24, 2.45) is 0 Å². The summed E-state index contributed by atoms with van der Waals surface area (Å²) < 4.78 is 5.81. The zero-order valence-electron chi connectivity index (χ0n) is 16.8. The fourth-order valence-corrected chi connectivity index (χ4v) is 2.91. The van der Waals surface area contributed by atoms with Gasteiger partial charge in [0.1, 0.15) is 12.4 Å². The molecular formula is C24H27N3O2. The predicted octanol–water partition coefficient (Wildman–Crippen LogP) is 4.91. The molecule has 1 atom stereocenters. The van der Waals surface area contributed by atoms with Gasteiger partial charge in [0.25, 0.3) is 0 Å². The van der Waals surface area contributed by atoms with E-state index in [1.54, 1.807) is 0 Å². The van der Waals surface area contributed by atoms with E-state index < -0.39 is 0 Å². The topological polar surface area (TPSA) is 53.6 Å². The van der Waals surface area contributed by atoms with E-state index in [4.69, 9.17) is 4.74 Å². The third kappa shape index (κ3) is 6.01. The van der Waals surface area contributed by atoms with Crippen molar-refractivity contribution in [3.8, 4) is 5.75 Å². The van der Waals surface area contributed by atoms with Crippen molar-refractivity contribution >= 4 is 17.4 Å². The molecule has 29 heavy (non-hydrogen) atoms. The molecule has 0 aliphatic heterocycles. The average Bonchev–Trinajstić information content (AvgIpc) is 2.77. The van der Waals surface area contributed by atoms with Gasteiger partial charge in [-0.2, -0.15) is 0 Å². The Morgan fingerprint density at radius 2 is 1.55 bits per heavy atom. The lowest BCUT2D eigenvalue weighted by molar-refractivity contribution is 0.251. The number of carbonyl (C=O) groups is 1. The summed E-state index contributed by atoms with van der Waals surface area (Å²) in [5.41, 5.74) is 2.77. The van der Waals surface area contributed by atoms with Gasteiger partial charge in [-0.15, -0.1) is 0 Å². The van der Waals surface area contributed by atoms with Crippen molar-refractivity contribution in [2.45, 2.75) is 19.6 Å². The Labute approximate surface area is 172 Å². The summed E-state index contributed by atoms with van der Waals surface area (Å²) >= 11 is 0. The number of likely N-dealkylation sites (N-methyl/N-ethyl adjacent to an activating group) is 1. The lowest BCUT2D eigenvalue weighted by Crippen LogP contribution is -2.41. The van der Waals surface area contributed by atoms with E-state index in [0.29, 0.717) is 13.2 Å². The van der Waals surface area contributed by atoms with Crippen LogP contribution in [0.1, 0.15) is 12.5 Å². The van der Waals surface area contributed by atoms with Gasteiger partial charge in [-0.25, -0.2) is 4.79 Å². The maximum absolute atomic E-state index is 12.4. The first kappa shape index (κ1) is 20.3. The van der Waals surface area contributed by atoms with Crippen LogP contribution in [-0.4, -0.2) is 25.7 Å². The molecule has 0 aliphatic rings. The molecule has 0 heterocycles. The van der Waals surface area contributed by atoms with Gasteiger partial charge >= 0.3 is 6.03 Å². The third-order valence-electron chi connectivity index (χ3n) is 4.79. The normalized spacial score (nSPS) is 11.4. The van der Waals surface area contributed by atoms with Crippen LogP contribution in [0.2, 0.25) is 0 Å². The number of anilines is 2. The maximum atomic E-state index is 12.4. The van der Waals surface area contributed by atoms with Crippen molar-refractivity contribution in [3.05, 3.63) is 90.5 Å². The van der Waals surface area contributed by atoms with Gasteiger partial charge in [-0.05, 0) is 37.3 Å². The van der Waals surface area contributed by atoms with E-state index >= 15 is 0 Å². The smallest absolute Gasteiger partial charge is 0.319 e. The van der Waals surface area contributed by atoms with Crippen LogP contribution in [0.15, 0.2) is 84.9 Å². The minimum absolute atomic E-state index is 0.153. The Morgan fingerprint density at radius 1 is 0.931 bits per heavy atom. The Bertz CT molecular complexity index is 900. The molecule has 2 N–H and O–H groups in total. The largest absolute Gasteiger partial charge is 0.489 e. The number of benzene rings is 3. The molecule has 3 rings (SSSR count). The Balaban J connectivity index is 1.52. The lowest BCUT2D eigenvalue weighted by Gasteiger charge is -2.27. The minimum Gasteiger partial charge on any atom is -0.489 e. The zero-order valence-corrected chi connectivity index (χ0v) is 16.8. The number of ether oxygens (including phenoxy) is 1. The summed E-state index contributed by atoms with van der Waals surface area (Å²) in [7, 11) is 2.02. The van der Waals surface area contributed by atoms with E-state index in [9.17, 15) is 4.79 Å². The first-order valence-corrected chi connectivity index (χ1v) is 9.72. The number of hydrogen-bond acceptors (Lipinski definition) is 3.